The molecule has 2 aliphatic rings. The average molecular weight is 516 g/mol. The van der Waals surface area contributed by atoms with Crippen molar-refractivity contribution in [3.63, 3.8) is 0 Å². The number of nitrogens with one attached hydrogen (secondary N) is 2. The smallest absolute Gasteiger partial charge is 0.273 e. The molecule has 2 fully saturated rings. The molecule has 0 radical (unpaired) electrons. The van der Waals surface area contributed by atoms with Gasteiger partial charge in [0.15, 0.2) is 6.29 Å². The Balaban J connectivity index is 1.66. The molecule has 196 valence electrons. The van der Waals surface area contributed by atoms with Gasteiger partial charge in [0, 0.05) is 13.3 Å². The van der Waals surface area contributed by atoms with Crippen LogP contribution in [0.2, 0.25) is 0 Å². The predicted molar refractivity (Wildman–Crippen MR) is 116 cm³/mol. The van der Waals surface area contributed by atoms with Crippen LogP contribution in [0.15, 0.2) is 18.2 Å². The number of aliphatic hydroxyl groups excluding tert-OH is 1. The maximum absolute atomic E-state index is 14.8. The lowest BCUT2D eigenvalue weighted by Crippen LogP contribution is -2.46. The molecular weight excluding hydrogens is 491 g/mol. The topological polar surface area (TPSA) is 106 Å². The summed E-state index contributed by atoms with van der Waals surface area (Å²) in [5, 5.41) is 15.4. The Labute approximate surface area is 203 Å². The molecule has 36 heavy (non-hydrogen) atoms. The molecule has 0 spiro atoms. The van der Waals surface area contributed by atoms with Crippen molar-refractivity contribution in [2.75, 3.05) is 18.5 Å². The van der Waals surface area contributed by atoms with Crippen LogP contribution >= 0.6 is 0 Å². The third-order valence-corrected chi connectivity index (χ3v) is 5.99. The number of aromatic nitrogens is 2. The summed E-state index contributed by atoms with van der Waals surface area (Å²) < 4.78 is 79.9. The second-order valence-electron chi connectivity index (χ2n) is 8.88. The highest BCUT2D eigenvalue weighted by molar-refractivity contribution is 6.04. The van der Waals surface area contributed by atoms with Crippen molar-refractivity contribution in [1.29, 1.82) is 0 Å². The number of aryl methyl sites for hydroxylation is 1. The number of aliphatic hydroxyl groups is 1. The van der Waals surface area contributed by atoms with Gasteiger partial charge in [0.2, 0.25) is 0 Å². The fourth-order valence-corrected chi connectivity index (χ4v) is 4.01. The number of benzene rings is 1. The van der Waals surface area contributed by atoms with Crippen LogP contribution in [-0.2, 0) is 21.8 Å². The van der Waals surface area contributed by atoms with E-state index in [0.717, 1.165) is 18.2 Å². The van der Waals surface area contributed by atoms with Crippen LogP contribution in [0, 0.1) is 12.7 Å². The van der Waals surface area contributed by atoms with Gasteiger partial charge in [0.25, 0.3) is 18.3 Å². The van der Waals surface area contributed by atoms with Crippen LogP contribution < -0.4 is 10.6 Å². The van der Waals surface area contributed by atoms with E-state index in [1.165, 1.54) is 6.92 Å². The Kier molecular flexibility index (Phi) is 7.28. The van der Waals surface area contributed by atoms with Crippen LogP contribution in [0.3, 0.4) is 0 Å². The molecule has 1 saturated carbocycles. The third kappa shape index (κ3) is 5.48. The Bertz CT molecular complexity index is 1130. The molecule has 2 heterocycles. The highest BCUT2D eigenvalue weighted by Gasteiger charge is 2.52. The molecule has 1 saturated heterocycles. The highest BCUT2D eigenvalue weighted by Crippen LogP contribution is 2.41. The van der Waals surface area contributed by atoms with Crippen molar-refractivity contribution in [2.24, 2.45) is 0 Å². The first-order valence-corrected chi connectivity index (χ1v) is 11.2. The van der Waals surface area contributed by atoms with Crippen LogP contribution in [0.4, 0.5) is 27.8 Å². The van der Waals surface area contributed by atoms with Crippen molar-refractivity contribution in [1.82, 2.24) is 15.3 Å². The molecule has 1 unspecified atom stereocenters. The summed E-state index contributed by atoms with van der Waals surface area (Å²) in [6.07, 6.45) is -5.00. The molecule has 0 bridgehead atoms. The van der Waals surface area contributed by atoms with Crippen LogP contribution in [0.25, 0.3) is 0 Å². The van der Waals surface area contributed by atoms with Crippen molar-refractivity contribution < 1.29 is 41.3 Å². The molecule has 3 N–H and O–H groups in total. The van der Waals surface area contributed by atoms with Gasteiger partial charge < -0.3 is 19.9 Å². The van der Waals surface area contributed by atoms with Gasteiger partial charge >= 0.3 is 0 Å². The van der Waals surface area contributed by atoms with E-state index in [-0.39, 0.29) is 55.4 Å². The molecule has 8 nitrogen and oxygen atoms in total. The molecule has 1 aliphatic heterocycles. The van der Waals surface area contributed by atoms with Crippen molar-refractivity contribution in [3.05, 3.63) is 52.2 Å². The maximum Gasteiger partial charge on any atom is 0.273 e. The SMILES string of the molecule is Cc1nc(CC(O)NC2(C(F)F)CC2)c(C2OCCO2)c(NC(=O)c2cccc(C(C)(F)F)c2F)n1. The van der Waals surface area contributed by atoms with E-state index < -0.39 is 53.3 Å². The number of carbonyl (C=O) groups excluding carboxylic acids is 1. The van der Waals surface area contributed by atoms with Crippen molar-refractivity contribution in [3.8, 4) is 0 Å². The largest absolute Gasteiger partial charge is 0.378 e. The van der Waals surface area contributed by atoms with Gasteiger partial charge in [-0.3, -0.25) is 10.1 Å². The van der Waals surface area contributed by atoms with Gasteiger partial charge in [-0.2, -0.15) is 0 Å². The second-order valence-corrected chi connectivity index (χ2v) is 8.88. The van der Waals surface area contributed by atoms with E-state index in [1.807, 2.05) is 0 Å². The summed E-state index contributed by atoms with van der Waals surface area (Å²) >= 11 is 0. The number of ether oxygens (including phenoxy) is 2. The van der Waals surface area contributed by atoms with E-state index in [0.29, 0.717) is 6.92 Å². The van der Waals surface area contributed by atoms with Crippen LogP contribution in [0.5, 0.6) is 0 Å². The van der Waals surface area contributed by atoms with E-state index >= 15 is 0 Å². The summed E-state index contributed by atoms with van der Waals surface area (Å²) in [6.45, 7) is 2.39. The molecule has 1 amide bonds. The van der Waals surface area contributed by atoms with Gasteiger partial charge in [-0.25, -0.2) is 31.9 Å². The lowest BCUT2D eigenvalue weighted by molar-refractivity contribution is -0.0451. The first-order chi connectivity index (χ1) is 16.9. The number of halogens is 5. The zero-order valence-corrected chi connectivity index (χ0v) is 19.5. The summed E-state index contributed by atoms with van der Waals surface area (Å²) in [5.41, 5.74) is -2.81. The molecule has 4 rings (SSSR count). The summed E-state index contributed by atoms with van der Waals surface area (Å²) in [7, 11) is 0. The lowest BCUT2D eigenvalue weighted by atomic mass is 10.0. The van der Waals surface area contributed by atoms with Gasteiger partial charge in [-0.15, -0.1) is 0 Å². The van der Waals surface area contributed by atoms with Gasteiger partial charge in [-0.1, -0.05) is 12.1 Å². The van der Waals surface area contributed by atoms with E-state index in [4.69, 9.17) is 9.47 Å². The third-order valence-electron chi connectivity index (χ3n) is 5.99. The average Bonchev–Trinajstić information content (AvgIpc) is 3.35. The maximum atomic E-state index is 14.8. The minimum absolute atomic E-state index is 0.103. The predicted octanol–water partition coefficient (Wildman–Crippen LogP) is 3.58. The Morgan fingerprint density at radius 1 is 1.25 bits per heavy atom. The Hall–Kier alpha value is -2.74. The summed E-state index contributed by atoms with van der Waals surface area (Å²) in [4.78, 5) is 21.4. The first-order valence-electron chi connectivity index (χ1n) is 11.2. The van der Waals surface area contributed by atoms with Gasteiger partial charge in [0.1, 0.15) is 23.7 Å². The fraction of sp³-hybridized carbons (Fsp3) is 0.522. The zero-order chi connectivity index (χ0) is 26.3. The molecule has 2 aromatic rings. The minimum atomic E-state index is -3.52. The quantitative estimate of drug-likeness (QED) is 0.346. The Morgan fingerprint density at radius 3 is 2.50 bits per heavy atom. The number of anilines is 1. The van der Waals surface area contributed by atoms with Gasteiger partial charge in [0.05, 0.1) is 41.1 Å². The number of hydrogen-bond acceptors (Lipinski definition) is 7. The number of carbonyl (C=O) groups is 1. The number of alkyl halides is 4. The molecule has 1 aromatic heterocycles. The van der Waals surface area contributed by atoms with Crippen molar-refractivity contribution in [2.45, 2.75) is 63.5 Å². The summed E-state index contributed by atoms with van der Waals surface area (Å²) in [6, 6.07) is 3.06. The summed E-state index contributed by atoms with van der Waals surface area (Å²) in [5.74, 6) is -5.97. The first kappa shape index (κ1) is 26.3. The molecule has 1 aromatic carbocycles. The number of rotatable bonds is 9. The number of nitrogens with zero attached hydrogens (tertiary/aromatic N) is 2. The minimum Gasteiger partial charge on any atom is -0.378 e. The van der Waals surface area contributed by atoms with Crippen LogP contribution in [0.1, 0.15) is 59.1 Å². The molecule has 1 aliphatic carbocycles. The number of amides is 1. The van der Waals surface area contributed by atoms with Crippen molar-refractivity contribution >= 4 is 11.7 Å². The lowest BCUT2D eigenvalue weighted by Gasteiger charge is -2.23. The van der Waals surface area contributed by atoms with E-state index in [1.54, 1.807) is 0 Å². The monoisotopic (exact) mass is 516 g/mol. The van der Waals surface area contributed by atoms with E-state index in [2.05, 4.69) is 20.6 Å². The normalized spacial score (nSPS) is 18.5. The van der Waals surface area contributed by atoms with Crippen LogP contribution in [-0.4, -0.2) is 52.4 Å². The second kappa shape index (κ2) is 9.96. The Morgan fingerprint density at radius 2 is 1.92 bits per heavy atom. The fourth-order valence-electron chi connectivity index (χ4n) is 4.01. The number of hydrogen-bond donors (Lipinski definition) is 3. The zero-order valence-electron chi connectivity index (χ0n) is 19.5. The standard InChI is InChI=1S/C23H25F5N4O4/c1-11-29-14(10-15(33)32-23(6-7-23)21(25)26)16(20-35-8-9-36-20)18(30-11)31-19(34)12-4-3-5-13(17(12)24)22(2,27)28/h3-5,15,20-21,32-33H,6-10H2,1-2H3,(H,29,30,31,34). The molecule has 13 heteroatoms. The molecule has 1 atom stereocenters. The van der Waals surface area contributed by atoms with E-state index in [9.17, 15) is 31.9 Å². The van der Waals surface area contributed by atoms with Gasteiger partial charge in [-0.05, 0) is 25.8 Å². The molecular formula is C23H25F5N4O4. The highest BCUT2D eigenvalue weighted by atomic mass is 19.3.